The fraction of sp³-hybridized carbons (Fsp3) is 0.455. The lowest BCUT2D eigenvalue weighted by molar-refractivity contribution is 0.333. The molecular weight excluding hydrogens is 350 g/mol. The van der Waals surface area contributed by atoms with E-state index < -0.39 is 0 Å². The van der Waals surface area contributed by atoms with Crippen molar-refractivity contribution in [3.05, 3.63) is 57.6 Å². The average molecular weight is 375 g/mol. The number of aromatic nitrogens is 4. The van der Waals surface area contributed by atoms with E-state index in [1.54, 1.807) is 10.7 Å². The van der Waals surface area contributed by atoms with Crippen LogP contribution >= 0.6 is 0 Å². The maximum Gasteiger partial charge on any atom is 0.267 e. The minimum Gasteiger partial charge on any atom is -0.355 e. The number of aryl methyl sites for hydroxylation is 3. The van der Waals surface area contributed by atoms with Gasteiger partial charge in [0.2, 0.25) is 0 Å². The van der Waals surface area contributed by atoms with Crippen LogP contribution in [0.3, 0.4) is 0 Å². The number of nitrogens with zero attached hydrogens (tertiary/aromatic N) is 5. The molecule has 144 valence electrons. The summed E-state index contributed by atoms with van der Waals surface area (Å²) < 4.78 is 1.70. The van der Waals surface area contributed by atoms with Crippen LogP contribution in [0.2, 0.25) is 0 Å². The Morgan fingerprint density at radius 1 is 1.07 bits per heavy atom. The monoisotopic (exact) mass is 375 g/mol. The maximum absolute atomic E-state index is 12.4. The zero-order valence-electron chi connectivity index (χ0n) is 16.3. The molecule has 0 amide bonds. The molecule has 1 saturated heterocycles. The Labute approximate surface area is 164 Å². The second kappa shape index (κ2) is 7.00. The first-order valence-electron chi connectivity index (χ1n) is 10.3. The van der Waals surface area contributed by atoms with E-state index in [4.69, 9.17) is 0 Å². The molecule has 28 heavy (non-hydrogen) atoms. The van der Waals surface area contributed by atoms with Gasteiger partial charge < -0.3 is 4.90 Å². The minimum atomic E-state index is 0.0541. The Bertz CT molecular complexity index is 1080. The van der Waals surface area contributed by atoms with Crippen molar-refractivity contribution in [3.8, 4) is 0 Å². The number of hydrogen-bond donors (Lipinski definition) is 0. The van der Waals surface area contributed by atoms with Crippen molar-refractivity contribution < 1.29 is 0 Å². The van der Waals surface area contributed by atoms with Gasteiger partial charge in [-0.15, -0.1) is 5.10 Å². The van der Waals surface area contributed by atoms with Crippen LogP contribution in [0.15, 0.2) is 35.1 Å². The third kappa shape index (κ3) is 3.07. The molecule has 6 heteroatoms. The fourth-order valence-electron chi connectivity index (χ4n) is 4.60. The summed E-state index contributed by atoms with van der Waals surface area (Å²) in [6.45, 7) is 4.60. The van der Waals surface area contributed by atoms with Crippen LogP contribution in [0.5, 0.6) is 0 Å². The number of benzene rings is 1. The van der Waals surface area contributed by atoms with Crippen LogP contribution < -0.4 is 10.5 Å². The van der Waals surface area contributed by atoms with Crippen molar-refractivity contribution in [3.63, 3.8) is 0 Å². The summed E-state index contributed by atoms with van der Waals surface area (Å²) >= 11 is 0. The molecule has 3 heterocycles. The highest BCUT2D eigenvalue weighted by atomic mass is 16.1. The third-order valence-corrected chi connectivity index (χ3v) is 6.22. The van der Waals surface area contributed by atoms with Crippen LogP contribution in [0.25, 0.3) is 10.8 Å². The van der Waals surface area contributed by atoms with Crippen LogP contribution in [0, 0.1) is 12.8 Å². The van der Waals surface area contributed by atoms with Crippen molar-refractivity contribution in [2.45, 2.75) is 45.6 Å². The molecule has 0 saturated carbocycles. The van der Waals surface area contributed by atoms with Crippen LogP contribution in [-0.4, -0.2) is 33.1 Å². The molecule has 2 aliphatic rings. The van der Waals surface area contributed by atoms with Gasteiger partial charge in [-0.2, -0.15) is 10.2 Å². The smallest absolute Gasteiger partial charge is 0.267 e. The lowest BCUT2D eigenvalue weighted by Crippen LogP contribution is -2.37. The molecule has 0 radical (unpaired) electrons. The van der Waals surface area contributed by atoms with Gasteiger partial charge in [-0.05, 0) is 50.5 Å². The first-order chi connectivity index (χ1) is 13.7. The van der Waals surface area contributed by atoms with Crippen molar-refractivity contribution >= 4 is 16.6 Å². The van der Waals surface area contributed by atoms with Gasteiger partial charge in [-0.1, -0.05) is 24.3 Å². The van der Waals surface area contributed by atoms with Gasteiger partial charge in [0.25, 0.3) is 5.56 Å². The quantitative estimate of drug-likeness (QED) is 0.704. The second-order valence-electron chi connectivity index (χ2n) is 8.08. The first kappa shape index (κ1) is 17.3. The molecule has 5 rings (SSSR count). The highest BCUT2D eigenvalue weighted by Crippen LogP contribution is 2.29. The van der Waals surface area contributed by atoms with E-state index in [-0.39, 0.29) is 5.56 Å². The molecule has 1 fully saturated rings. The number of rotatable bonds is 3. The van der Waals surface area contributed by atoms with E-state index in [1.807, 2.05) is 13.0 Å². The SMILES string of the molecule is Cc1nnc(N2CCC(Cn3nc4c(cc3=O)CCC4)CC2)c2ccccc12. The predicted octanol–water partition coefficient (Wildman–Crippen LogP) is 2.90. The summed E-state index contributed by atoms with van der Waals surface area (Å²) in [5.41, 5.74) is 3.30. The molecule has 3 aromatic rings. The van der Waals surface area contributed by atoms with Crippen LogP contribution in [0.1, 0.15) is 36.2 Å². The molecule has 1 aliphatic heterocycles. The van der Waals surface area contributed by atoms with Gasteiger partial charge in [0, 0.05) is 36.5 Å². The summed E-state index contributed by atoms with van der Waals surface area (Å²) in [4.78, 5) is 14.7. The normalized spacial score (nSPS) is 17.2. The van der Waals surface area contributed by atoms with Gasteiger partial charge in [0.15, 0.2) is 5.82 Å². The minimum absolute atomic E-state index is 0.0541. The van der Waals surface area contributed by atoms with Crippen LogP contribution in [0.4, 0.5) is 5.82 Å². The highest BCUT2D eigenvalue weighted by Gasteiger charge is 2.24. The van der Waals surface area contributed by atoms with E-state index in [0.717, 1.165) is 74.5 Å². The lowest BCUT2D eigenvalue weighted by atomic mass is 9.96. The fourth-order valence-corrected chi connectivity index (χ4v) is 4.60. The maximum atomic E-state index is 12.4. The molecule has 0 N–H and O–H groups in total. The molecule has 2 aromatic heterocycles. The number of anilines is 1. The Morgan fingerprint density at radius 2 is 1.86 bits per heavy atom. The first-order valence-corrected chi connectivity index (χ1v) is 10.3. The zero-order valence-corrected chi connectivity index (χ0v) is 16.3. The molecule has 0 unspecified atom stereocenters. The molecule has 1 aromatic carbocycles. The number of fused-ring (bicyclic) bond motifs is 2. The van der Waals surface area contributed by atoms with Crippen molar-refractivity contribution in [2.24, 2.45) is 5.92 Å². The largest absolute Gasteiger partial charge is 0.355 e. The lowest BCUT2D eigenvalue weighted by Gasteiger charge is -2.33. The van der Waals surface area contributed by atoms with Crippen molar-refractivity contribution in [2.75, 3.05) is 18.0 Å². The van der Waals surface area contributed by atoms with Gasteiger partial charge in [0.1, 0.15) is 0 Å². The van der Waals surface area contributed by atoms with Gasteiger partial charge in [-0.25, -0.2) is 4.68 Å². The summed E-state index contributed by atoms with van der Waals surface area (Å²) in [7, 11) is 0. The van der Waals surface area contributed by atoms with Gasteiger partial charge in [0.05, 0.1) is 11.4 Å². The predicted molar refractivity (Wildman–Crippen MR) is 110 cm³/mol. The summed E-state index contributed by atoms with van der Waals surface area (Å²) in [6.07, 6.45) is 5.20. The van der Waals surface area contributed by atoms with E-state index in [9.17, 15) is 4.79 Å². The summed E-state index contributed by atoms with van der Waals surface area (Å²) in [6, 6.07) is 10.2. The van der Waals surface area contributed by atoms with Crippen LogP contribution in [-0.2, 0) is 19.4 Å². The van der Waals surface area contributed by atoms with E-state index in [2.05, 4.69) is 38.4 Å². The second-order valence-corrected chi connectivity index (χ2v) is 8.08. The number of hydrogen-bond acceptors (Lipinski definition) is 5. The van der Waals surface area contributed by atoms with Gasteiger partial charge >= 0.3 is 0 Å². The molecular formula is C22H25N5O. The Kier molecular flexibility index (Phi) is 4.34. The van der Waals surface area contributed by atoms with E-state index in [0.29, 0.717) is 5.92 Å². The Hall–Kier alpha value is -2.76. The van der Waals surface area contributed by atoms with Crippen molar-refractivity contribution in [1.29, 1.82) is 0 Å². The summed E-state index contributed by atoms with van der Waals surface area (Å²) in [5, 5.41) is 15.9. The Balaban J connectivity index is 1.31. The molecule has 6 nitrogen and oxygen atoms in total. The topological polar surface area (TPSA) is 63.9 Å². The molecule has 0 atom stereocenters. The third-order valence-electron chi connectivity index (χ3n) is 6.22. The average Bonchev–Trinajstić information content (AvgIpc) is 3.17. The highest BCUT2D eigenvalue weighted by molar-refractivity contribution is 5.93. The van der Waals surface area contributed by atoms with E-state index >= 15 is 0 Å². The molecule has 0 bridgehead atoms. The van der Waals surface area contributed by atoms with Crippen molar-refractivity contribution in [1.82, 2.24) is 20.0 Å². The summed E-state index contributed by atoms with van der Waals surface area (Å²) in [5.74, 6) is 1.46. The molecule has 0 spiro atoms. The Morgan fingerprint density at radius 3 is 2.68 bits per heavy atom. The van der Waals surface area contributed by atoms with E-state index in [1.165, 1.54) is 10.8 Å². The van der Waals surface area contributed by atoms with Gasteiger partial charge in [-0.3, -0.25) is 4.79 Å². The standard InChI is InChI=1S/C22H25N5O/c1-15-18-6-2-3-7-19(18)22(24-23-15)26-11-9-16(10-12-26)14-27-21(28)13-17-5-4-8-20(17)25-27/h2-3,6-7,13,16H,4-5,8-12,14H2,1H3. The number of piperidine rings is 1. The zero-order chi connectivity index (χ0) is 19.1. The molecule has 1 aliphatic carbocycles.